The first-order chi connectivity index (χ1) is 6.10. The van der Waals surface area contributed by atoms with Crippen molar-refractivity contribution in [2.75, 3.05) is 12.5 Å². The average molecular weight is 220 g/mol. The van der Waals surface area contributed by atoms with Crippen LogP contribution in [0.3, 0.4) is 0 Å². The highest BCUT2D eigenvalue weighted by atomic mass is 32.2. The largest absolute Gasteiger partial charge is 0.300 e. The summed E-state index contributed by atoms with van der Waals surface area (Å²) in [5.41, 5.74) is 0. The van der Waals surface area contributed by atoms with Crippen LogP contribution < -0.4 is 0 Å². The van der Waals surface area contributed by atoms with E-state index < -0.39 is 0 Å². The van der Waals surface area contributed by atoms with Gasteiger partial charge in [0.1, 0.15) is 11.6 Å². The van der Waals surface area contributed by atoms with E-state index in [-0.39, 0.29) is 11.6 Å². The predicted octanol–water partition coefficient (Wildman–Crippen LogP) is 2.37. The van der Waals surface area contributed by atoms with E-state index in [9.17, 15) is 9.59 Å². The number of carbonyl (C=O) groups excluding carboxylic acids is 2. The van der Waals surface area contributed by atoms with Crippen LogP contribution in [0.25, 0.3) is 0 Å². The third kappa shape index (κ3) is 7.14. The summed E-state index contributed by atoms with van der Waals surface area (Å²) in [5.74, 6) is 0.294. The summed E-state index contributed by atoms with van der Waals surface area (Å²) < 4.78 is 0.347. The van der Waals surface area contributed by atoms with E-state index in [0.29, 0.717) is 23.8 Å². The minimum Gasteiger partial charge on any atom is -0.300 e. The van der Waals surface area contributed by atoms with Crippen LogP contribution >= 0.6 is 23.5 Å². The Morgan fingerprint density at radius 2 is 1.69 bits per heavy atom. The molecule has 0 heterocycles. The Labute approximate surface area is 88.2 Å². The molecule has 0 radical (unpaired) electrons. The zero-order valence-electron chi connectivity index (χ0n) is 8.33. The van der Waals surface area contributed by atoms with Crippen molar-refractivity contribution in [2.45, 2.75) is 30.8 Å². The fraction of sp³-hybridized carbons (Fsp3) is 0.778. The molecule has 2 nitrogen and oxygen atoms in total. The van der Waals surface area contributed by atoms with Crippen molar-refractivity contribution in [3.63, 3.8) is 0 Å². The first-order valence-electron chi connectivity index (χ1n) is 4.17. The quantitative estimate of drug-likeness (QED) is 0.617. The van der Waals surface area contributed by atoms with Gasteiger partial charge in [-0.1, -0.05) is 0 Å². The second-order valence-corrected chi connectivity index (χ2v) is 5.23. The molecule has 13 heavy (non-hydrogen) atoms. The van der Waals surface area contributed by atoms with Gasteiger partial charge in [0.2, 0.25) is 0 Å². The molecule has 0 unspecified atom stereocenters. The van der Waals surface area contributed by atoms with Gasteiger partial charge in [-0.05, 0) is 19.4 Å². The van der Waals surface area contributed by atoms with E-state index in [1.54, 1.807) is 23.5 Å². The lowest BCUT2D eigenvalue weighted by Crippen LogP contribution is -2.08. The van der Waals surface area contributed by atoms with Gasteiger partial charge >= 0.3 is 0 Å². The second-order valence-electron chi connectivity index (χ2n) is 2.85. The molecule has 0 aliphatic heterocycles. The summed E-state index contributed by atoms with van der Waals surface area (Å²) in [7, 11) is 0. The van der Waals surface area contributed by atoms with Crippen molar-refractivity contribution in [3.8, 4) is 0 Å². The molecule has 76 valence electrons. The molecular weight excluding hydrogens is 204 g/mol. The van der Waals surface area contributed by atoms with Crippen molar-refractivity contribution >= 4 is 35.1 Å². The number of thioether (sulfide) groups is 2. The van der Waals surface area contributed by atoms with Gasteiger partial charge in [0.05, 0.1) is 4.58 Å². The lowest BCUT2D eigenvalue weighted by molar-refractivity contribution is -0.123. The summed E-state index contributed by atoms with van der Waals surface area (Å²) in [6.07, 6.45) is 5.38. The molecule has 0 bridgehead atoms. The molecule has 0 fully saturated rings. The normalized spacial score (nSPS) is 10.5. The van der Waals surface area contributed by atoms with Gasteiger partial charge in [0, 0.05) is 19.3 Å². The highest BCUT2D eigenvalue weighted by Crippen LogP contribution is 2.22. The Balaban J connectivity index is 3.66. The van der Waals surface area contributed by atoms with Crippen LogP contribution in [0.5, 0.6) is 0 Å². The molecule has 0 aromatic carbocycles. The molecule has 0 aromatic heterocycles. The smallest absolute Gasteiger partial charge is 0.135 e. The highest BCUT2D eigenvalue weighted by molar-refractivity contribution is 8.16. The maximum Gasteiger partial charge on any atom is 0.135 e. The number of hydrogen-bond acceptors (Lipinski definition) is 4. The van der Waals surface area contributed by atoms with Gasteiger partial charge in [-0.25, -0.2) is 0 Å². The Kier molecular flexibility index (Phi) is 7.47. The van der Waals surface area contributed by atoms with Crippen molar-refractivity contribution in [2.24, 2.45) is 0 Å². The number of hydrogen-bond donors (Lipinski definition) is 0. The lowest BCUT2D eigenvalue weighted by Gasteiger charge is -2.09. The van der Waals surface area contributed by atoms with Crippen LogP contribution in [-0.4, -0.2) is 28.7 Å². The van der Waals surface area contributed by atoms with Gasteiger partial charge in [0.25, 0.3) is 0 Å². The van der Waals surface area contributed by atoms with E-state index in [1.165, 1.54) is 6.92 Å². The third-order valence-corrected chi connectivity index (χ3v) is 4.22. The molecule has 0 amide bonds. The standard InChI is InChI=1S/C9H16O2S2/c1-7(10)4-5-8(11)6-9(12-2)13-3/h9H,4-6H2,1-3H3. The minimum absolute atomic E-state index is 0.0956. The summed E-state index contributed by atoms with van der Waals surface area (Å²) >= 11 is 3.38. The maximum absolute atomic E-state index is 11.3. The van der Waals surface area contributed by atoms with Crippen molar-refractivity contribution in [3.05, 3.63) is 0 Å². The van der Waals surface area contributed by atoms with Crippen LogP contribution in [0.4, 0.5) is 0 Å². The second kappa shape index (κ2) is 7.44. The topological polar surface area (TPSA) is 34.1 Å². The lowest BCUT2D eigenvalue weighted by atomic mass is 10.1. The van der Waals surface area contributed by atoms with E-state index in [4.69, 9.17) is 0 Å². The minimum atomic E-state index is 0.0956. The molecule has 0 atom stereocenters. The fourth-order valence-corrected chi connectivity index (χ4v) is 2.34. The zero-order chi connectivity index (χ0) is 10.3. The first-order valence-corrected chi connectivity index (χ1v) is 6.74. The zero-order valence-corrected chi connectivity index (χ0v) is 9.96. The van der Waals surface area contributed by atoms with Gasteiger partial charge in [-0.3, -0.25) is 4.79 Å². The van der Waals surface area contributed by atoms with Crippen LogP contribution in [0, 0.1) is 0 Å². The third-order valence-electron chi connectivity index (χ3n) is 1.68. The summed E-state index contributed by atoms with van der Waals surface area (Å²) in [5, 5.41) is 0. The Hall–Kier alpha value is 0.0400. The van der Waals surface area contributed by atoms with Crippen LogP contribution in [0.1, 0.15) is 26.2 Å². The number of ketones is 2. The Bertz CT molecular complexity index is 176. The van der Waals surface area contributed by atoms with Gasteiger partial charge in [-0.2, -0.15) is 23.5 Å². The van der Waals surface area contributed by atoms with Gasteiger partial charge in [-0.15, -0.1) is 0 Å². The van der Waals surface area contributed by atoms with Crippen LogP contribution in [0.15, 0.2) is 0 Å². The molecule has 4 heteroatoms. The summed E-state index contributed by atoms with van der Waals surface area (Å²) in [6.45, 7) is 1.52. The average Bonchev–Trinajstić information content (AvgIpc) is 2.10. The number of Topliss-reactive ketones (excluding diaryl/α,β-unsaturated/α-hetero) is 2. The Morgan fingerprint density at radius 3 is 2.08 bits per heavy atom. The van der Waals surface area contributed by atoms with Crippen molar-refractivity contribution in [1.82, 2.24) is 0 Å². The molecule has 0 N–H and O–H groups in total. The maximum atomic E-state index is 11.3. The van der Waals surface area contributed by atoms with E-state index in [2.05, 4.69) is 0 Å². The van der Waals surface area contributed by atoms with Crippen molar-refractivity contribution in [1.29, 1.82) is 0 Å². The van der Waals surface area contributed by atoms with Gasteiger partial charge < -0.3 is 4.79 Å². The molecule has 0 rings (SSSR count). The first kappa shape index (κ1) is 13.0. The van der Waals surface area contributed by atoms with E-state index in [1.807, 2.05) is 12.5 Å². The Morgan fingerprint density at radius 1 is 1.15 bits per heavy atom. The van der Waals surface area contributed by atoms with Crippen molar-refractivity contribution < 1.29 is 9.59 Å². The van der Waals surface area contributed by atoms with Crippen LogP contribution in [0.2, 0.25) is 0 Å². The number of rotatable bonds is 7. The highest BCUT2D eigenvalue weighted by Gasteiger charge is 2.11. The molecule has 0 saturated heterocycles. The summed E-state index contributed by atoms with van der Waals surface area (Å²) in [6, 6.07) is 0. The predicted molar refractivity (Wildman–Crippen MR) is 60.4 cm³/mol. The molecule has 0 aromatic rings. The van der Waals surface area contributed by atoms with E-state index >= 15 is 0 Å². The summed E-state index contributed by atoms with van der Waals surface area (Å²) in [4.78, 5) is 21.9. The molecular formula is C9H16O2S2. The number of carbonyl (C=O) groups is 2. The van der Waals surface area contributed by atoms with E-state index in [0.717, 1.165) is 0 Å². The monoisotopic (exact) mass is 220 g/mol. The van der Waals surface area contributed by atoms with Crippen LogP contribution in [-0.2, 0) is 9.59 Å². The molecule has 0 aliphatic rings. The molecule has 0 saturated carbocycles. The SMILES string of the molecule is CSC(CC(=O)CCC(C)=O)SC. The van der Waals surface area contributed by atoms with Gasteiger partial charge in [0.15, 0.2) is 0 Å². The fourth-order valence-electron chi connectivity index (χ4n) is 0.866. The molecule has 0 spiro atoms. The molecule has 0 aliphatic carbocycles.